The van der Waals surface area contributed by atoms with Gasteiger partial charge in [-0.2, -0.15) is 0 Å². The summed E-state index contributed by atoms with van der Waals surface area (Å²) in [6.07, 6.45) is 0. The van der Waals surface area contributed by atoms with Gasteiger partial charge in [-0.15, -0.1) is 0 Å². The molecule has 20 heavy (non-hydrogen) atoms. The molecule has 0 spiro atoms. The zero-order chi connectivity index (χ0) is 14.5. The highest BCUT2D eigenvalue weighted by Crippen LogP contribution is 2.27. The largest absolute Gasteiger partial charge is 0.496 e. The van der Waals surface area contributed by atoms with Gasteiger partial charge in [0.05, 0.1) is 11.6 Å². The van der Waals surface area contributed by atoms with Crippen LogP contribution < -0.4 is 15.4 Å². The summed E-state index contributed by atoms with van der Waals surface area (Å²) in [7, 11) is 1.67. The van der Waals surface area contributed by atoms with Crippen LogP contribution in [0.4, 0.5) is 11.4 Å². The van der Waals surface area contributed by atoms with Gasteiger partial charge < -0.3 is 15.4 Å². The number of anilines is 2. The van der Waals surface area contributed by atoms with Crippen LogP contribution in [-0.2, 0) is 6.54 Å². The lowest BCUT2D eigenvalue weighted by Crippen LogP contribution is -2.22. The molecule has 0 saturated carbocycles. The molecule has 2 N–H and O–H groups in total. The van der Waals surface area contributed by atoms with E-state index >= 15 is 0 Å². The summed E-state index contributed by atoms with van der Waals surface area (Å²) < 4.78 is 6.23. The Bertz CT molecular complexity index is 586. The quantitative estimate of drug-likeness (QED) is 0.837. The van der Waals surface area contributed by atoms with E-state index in [1.54, 1.807) is 7.11 Å². The monoisotopic (exact) mass is 334 g/mol. The van der Waals surface area contributed by atoms with Gasteiger partial charge in [-0.25, -0.2) is 0 Å². The summed E-state index contributed by atoms with van der Waals surface area (Å²) in [6.45, 7) is 3.90. The van der Waals surface area contributed by atoms with Crippen LogP contribution in [0.1, 0.15) is 12.5 Å². The van der Waals surface area contributed by atoms with Gasteiger partial charge in [-0.1, -0.05) is 12.1 Å². The molecule has 0 saturated heterocycles. The number of methoxy groups -OCH3 is 1. The first-order valence-electron chi connectivity index (χ1n) is 6.57. The molecule has 3 nitrogen and oxygen atoms in total. The normalized spacial score (nSPS) is 10.3. The third kappa shape index (κ3) is 3.45. The first kappa shape index (κ1) is 14.7. The number of benzene rings is 2. The lowest BCUT2D eigenvalue weighted by atomic mass is 10.2. The van der Waals surface area contributed by atoms with Crippen LogP contribution in [0.25, 0.3) is 0 Å². The average Bonchev–Trinajstić information content (AvgIpc) is 2.45. The van der Waals surface area contributed by atoms with Gasteiger partial charge in [0, 0.05) is 24.5 Å². The molecule has 2 aromatic rings. The Morgan fingerprint density at radius 2 is 2.00 bits per heavy atom. The van der Waals surface area contributed by atoms with E-state index in [0.717, 1.165) is 34.7 Å². The van der Waals surface area contributed by atoms with Crippen molar-refractivity contribution in [2.24, 2.45) is 0 Å². The number of hydrogen-bond acceptors (Lipinski definition) is 3. The van der Waals surface area contributed by atoms with E-state index in [1.165, 1.54) is 5.56 Å². The van der Waals surface area contributed by atoms with Gasteiger partial charge in [-0.3, -0.25) is 0 Å². The van der Waals surface area contributed by atoms with E-state index in [0.29, 0.717) is 0 Å². The molecule has 0 aliphatic heterocycles. The number of ether oxygens (including phenoxy) is 1. The minimum absolute atomic E-state index is 0.789. The summed E-state index contributed by atoms with van der Waals surface area (Å²) in [6, 6.07) is 14.1. The Morgan fingerprint density at radius 3 is 2.60 bits per heavy atom. The molecule has 2 rings (SSSR count). The molecule has 0 aliphatic carbocycles. The van der Waals surface area contributed by atoms with Crippen molar-refractivity contribution in [3.63, 3.8) is 0 Å². The first-order valence-corrected chi connectivity index (χ1v) is 7.36. The van der Waals surface area contributed by atoms with Crippen molar-refractivity contribution in [3.05, 3.63) is 52.5 Å². The second-order valence-electron chi connectivity index (χ2n) is 4.58. The minimum Gasteiger partial charge on any atom is -0.496 e. The second-order valence-corrected chi connectivity index (χ2v) is 5.43. The fourth-order valence-corrected chi connectivity index (χ4v) is 2.72. The van der Waals surface area contributed by atoms with Crippen molar-refractivity contribution in [2.45, 2.75) is 13.5 Å². The second kappa shape index (κ2) is 6.66. The van der Waals surface area contributed by atoms with Crippen LogP contribution >= 0.6 is 15.9 Å². The molecule has 0 aliphatic rings. The number of halogens is 1. The molecule has 0 radical (unpaired) electrons. The molecule has 0 unspecified atom stereocenters. The van der Waals surface area contributed by atoms with Crippen molar-refractivity contribution in [3.8, 4) is 5.75 Å². The zero-order valence-corrected chi connectivity index (χ0v) is 13.4. The van der Waals surface area contributed by atoms with E-state index < -0.39 is 0 Å². The van der Waals surface area contributed by atoms with Gasteiger partial charge in [0.15, 0.2) is 0 Å². The molecular weight excluding hydrogens is 316 g/mol. The fraction of sp³-hybridized carbons (Fsp3) is 0.250. The maximum Gasteiger partial charge on any atom is 0.133 e. The van der Waals surface area contributed by atoms with Gasteiger partial charge in [-0.05, 0) is 58.7 Å². The Labute approximate surface area is 128 Å². The molecule has 0 bridgehead atoms. The van der Waals surface area contributed by atoms with Crippen LogP contribution in [0.15, 0.2) is 46.9 Å². The summed E-state index contributed by atoms with van der Waals surface area (Å²) in [5.74, 6) is 0.848. The lowest BCUT2D eigenvalue weighted by molar-refractivity contribution is 0.412. The summed E-state index contributed by atoms with van der Waals surface area (Å²) in [5.41, 5.74) is 9.01. The van der Waals surface area contributed by atoms with E-state index in [9.17, 15) is 0 Å². The zero-order valence-electron chi connectivity index (χ0n) is 11.8. The van der Waals surface area contributed by atoms with Crippen LogP contribution in [0.2, 0.25) is 0 Å². The van der Waals surface area contributed by atoms with E-state index in [4.69, 9.17) is 10.5 Å². The molecule has 2 aromatic carbocycles. The maximum atomic E-state index is 5.86. The molecule has 0 fully saturated rings. The Morgan fingerprint density at radius 1 is 1.20 bits per heavy atom. The highest BCUT2D eigenvalue weighted by Gasteiger charge is 2.07. The highest BCUT2D eigenvalue weighted by atomic mass is 79.9. The van der Waals surface area contributed by atoms with Crippen molar-refractivity contribution >= 4 is 27.3 Å². The van der Waals surface area contributed by atoms with E-state index in [-0.39, 0.29) is 0 Å². The van der Waals surface area contributed by atoms with Gasteiger partial charge in [0.2, 0.25) is 0 Å². The fourth-order valence-electron chi connectivity index (χ4n) is 2.14. The number of rotatable bonds is 5. The Balaban J connectivity index is 2.20. The van der Waals surface area contributed by atoms with Crippen molar-refractivity contribution in [2.75, 3.05) is 24.3 Å². The summed E-state index contributed by atoms with van der Waals surface area (Å²) in [5, 5.41) is 0. The molecule has 0 aromatic heterocycles. The molecule has 106 valence electrons. The van der Waals surface area contributed by atoms with Crippen LogP contribution in [0, 0.1) is 0 Å². The highest BCUT2D eigenvalue weighted by molar-refractivity contribution is 9.10. The maximum absolute atomic E-state index is 5.86. The summed E-state index contributed by atoms with van der Waals surface area (Å²) in [4.78, 5) is 2.28. The average molecular weight is 335 g/mol. The van der Waals surface area contributed by atoms with Crippen LogP contribution in [0.3, 0.4) is 0 Å². The molecule has 0 amide bonds. The van der Waals surface area contributed by atoms with Crippen LogP contribution in [-0.4, -0.2) is 13.7 Å². The number of hydrogen-bond donors (Lipinski definition) is 1. The third-order valence-electron chi connectivity index (χ3n) is 3.21. The predicted octanol–water partition coefficient (Wildman–Crippen LogP) is 4.07. The van der Waals surface area contributed by atoms with Gasteiger partial charge >= 0.3 is 0 Å². The van der Waals surface area contributed by atoms with Gasteiger partial charge in [0.1, 0.15) is 5.75 Å². The molecule has 0 atom stereocenters. The topological polar surface area (TPSA) is 38.5 Å². The lowest BCUT2D eigenvalue weighted by Gasteiger charge is -2.24. The van der Waals surface area contributed by atoms with E-state index in [1.807, 2.05) is 24.3 Å². The Kier molecular flexibility index (Phi) is 4.90. The number of nitrogens with two attached hydrogens (primary N) is 1. The van der Waals surface area contributed by atoms with Crippen molar-refractivity contribution < 1.29 is 4.74 Å². The molecule has 4 heteroatoms. The third-order valence-corrected chi connectivity index (χ3v) is 3.83. The minimum atomic E-state index is 0.789. The predicted molar refractivity (Wildman–Crippen MR) is 88.3 cm³/mol. The molecular formula is C16H19BrN2O. The first-order chi connectivity index (χ1) is 9.63. The van der Waals surface area contributed by atoms with Crippen molar-refractivity contribution in [1.29, 1.82) is 0 Å². The van der Waals surface area contributed by atoms with Gasteiger partial charge in [0.25, 0.3) is 0 Å². The number of nitrogens with zero attached hydrogens (tertiary/aromatic N) is 1. The van der Waals surface area contributed by atoms with Crippen molar-refractivity contribution in [1.82, 2.24) is 0 Å². The van der Waals surface area contributed by atoms with Crippen LogP contribution in [0.5, 0.6) is 5.75 Å². The standard InChI is InChI=1S/C16H19BrN2O/c1-3-19(14-6-4-5-13(18)10-14)11-12-7-8-16(20-2)15(17)9-12/h4-10H,3,11,18H2,1-2H3. The SMILES string of the molecule is CCN(Cc1ccc(OC)c(Br)c1)c1cccc(N)c1. The van der Waals surface area contributed by atoms with E-state index in [2.05, 4.69) is 46.0 Å². The summed E-state index contributed by atoms with van der Waals surface area (Å²) >= 11 is 3.52. The number of nitrogen functional groups attached to an aromatic ring is 1. The Hall–Kier alpha value is -1.68. The smallest absolute Gasteiger partial charge is 0.133 e. The molecule has 0 heterocycles.